The lowest BCUT2D eigenvalue weighted by atomic mass is 10.1. The van der Waals surface area contributed by atoms with E-state index in [4.69, 9.17) is 21.4 Å². The first-order valence-corrected chi connectivity index (χ1v) is 7.96. The van der Waals surface area contributed by atoms with Crippen LogP contribution < -0.4 is 0 Å². The van der Waals surface area contributed by atoms with Gasteiger partial charge in [0, 0.05) is 5.88 Å². The van der Waals surface area contributed by atoms with Crippen molar-refractivity contribution in [1.82, 2.24) is 0 Å². The molecule has 2 aromatic carbocycles. The Hall–Kier alpha value is -1.16. The van der Waals surface area contributed by atoms with Gasteiger partial charge in [0.2, 0.25) is 0 Å². The molecular weight excluding hydrogens is 299 g/mol. The molecule has 0 fully saturated rings. The van der Waals surface area contributed by atoms with Crippen molar-refractivity contribution in [3.63, 3.8) is 0 Å². The molecule has 0 aliphatic carbocycles. The quantitative estimate of drug-likeness (QED) is 0.667. The van der Waals surface area contributed by atoms with Gasteiger partial charge in [0.15, 0.2) is 0 Å². The van der Waals surface area contributed by atoms with Crippen molar-refractivity contribution in [2.45, 2.75) is 0 Å². The van der Waals surface area contributed by atoms with Crippen LogP contribution in [0.4, 0.5) is 0 Å². The minimum Gasteiger partial charge on any atom is -0.303 e. The van der Waals surface area contributed by atoms with Crippen molar-refractivity contribution in [3.8, 4) is 11.1 Å². The number of rotatable bonds is 4. The average Bonchev–Trinajstić information content (AvgIpc) is 2.47. The SMILES string of the molecule is O=P(O)(O)OCCCl.c1ccc(-c2ccccc2)cc1. The molecule has 2 aromatic rings. The zero-order chi connectivity index (χ0) is 14.8. The predicted molar refractivity (Wildman–Crippen MR) is 80.6 cm³/mol. The molecule has 0 saturated carbocycles. The van der Waals surface area contributed by atoms with Crippen LogP contribution in [-0.4, -0.2) is 22.3 Å². The van der Waals surface area contributed by atoms with E-state index in [0.29, 0.717) is 0 Å². The second-order valence-corrected chi connectivity index (χ2v) is 5.36. The van der Waals surface area contributed by atoms with Gasteiger partial charge in [-0.3, -0.25) is 4.52 Å². The van der Waals surface area contributed by atoms with Crippen LogP contribution in [0.3, 0.4) is 0 Å². The Morgan fingerprint density at radius 1 is 0.900 bits per heavy atom. The fourth-order valence-electron chi connectivity index (χ4n) is 1.41. The molecule has 0 heterocycles. The third kappa shape index (κ3) is 7.43. The van der Waals surface area contributed by atoms with E-state index in [1.54, 1.807) is 0 Å². The fraction of sp³-hybridized carbons (Fsp3) is 0.143. The van der Waals surface area contributed by atoms with Gasteiger partial charge in [-0.15, -0.1) is 11.6 Å². The number of halogens is 1. The summed E-state index contributed by atoms with van der Waals surface area (Å²) in [6, 6.07) is 20.8. The molecule has 6 heteroatoms. The molecule has 2 N–H and O–H groups in total. The summed E-state index contributed by atoms with van der Waals surface area (Å²) in [4.78, 5) is 16.0. The van der Waals surface area contributed by atoms with Crippen molar-refractivity contribution >= 4 is 19.4 Å². The number of hydrogen-bond donors (Lipinski definition) is 2. The summed E-state index contributed by atoms with van der Waals surface area (Å²) in [7, 11) is -4.27. The molecule has 2 rings (SSSR count). The average molecular weight is 315 g/mol. The van der Waals surface area contributed by atoms with Crippen molar-refractivity contribution in [2.75, 3.05) is 12.5 Å². The molecule has 0 saturated heterocycles. The van der Waals surface area contributed by atoms with E-state index in [1.807, 2.05) is 12.1 Å². The third-order valence-corrected chi connectivity index (χ3v) is 2.89. The first-order valence-electron chi connectivity index (χ1n) is 5.89. The molecule has 0 spiro atoms. The summed E-state index contributed by atoms with van der Waals surface area (Å²) < 4.78 is 13.7. The monoisotopic (exact) mass is 314 g/mol. The highest BCUT2D eigenvalue weighted by molar-refractivity contribution is 7.46. The Labute approximate surface area is 123 Å². The number of phosphoric acid groups is 1. The van der Waals surface area contributed by atoms with Gasteiger partial charge in [-0.05, 0) is 11.1 Å². The Balaban J connectivity index is 0.000000221. The Morgan fingerprint density at radius 3 is 1.55 bits per heavy atom. The lowest BCUT2D eigenvalue weighted by Crippen LogP contribution is -1.91. The predicted octanol–water partition coefficient (Wildman–Crippen LogP) is 3.69. The summed E-state index contributed by atoms with van der Waals surface area (Å²) in [5.74, 6) is 0.0884. The molecule has 0 atom stereocenters. The minimum absolute atomic E-state index is 0.0884. The number of phosphoric ester groups is 1. The zero-order valence-corrected chi connectivity index (χ0v) is 12.4. The van der Waals surface area contributed by atoms with Gasteiger partial charge < -0.3 is 9.79 Å². The molecule has 20 heavy (non-hydrogen) atoms. The molecule has 0 aliphatic heterocycles. The molecule has 0 radical (unpaired) electrons. The van der Waals surface area contributed by atoms with Crippen LogP contribution in [-0.2, 0) is 9.09 Å². The van der Waals surface area contributed by atoms with Crippen molar-refractivity contribution < 1.29 is 18.9 Å². The number of hydrogen-bond acceptors (Lipinski definition) is 2. The lowest BCUT2D eigenvalue weighted by Gasteiger charge is -1.99. The van der Waals surface area contributed by atoms with E-state index in [2.05, 4.69) is 53.1 Å². The van der Waals surface area contributed by atoms with Crippen LogP contribution in [0, 0.1) is 0 Å². The first-order chi connectivity index (χ1) is 9.53. The highest BCUT2D eigenvalue weighted by atomic mass is 35.5. The van der Waals surface area contributed by atoms with E-state index in [1.165, 1.54) is 11.1 Å². The Morgan fingerprint density at radius 2 is 1.30 bits per heavy atom. The highest BCUT2D eigenvalue weighted by Crippen LogP contribution is 2.35. The maximum absolute atomic E-state index is 9.80. The highest BCUT2D eigenvalue weighted by Gasteiger charge is 2.11. The first kappa shape index (κ1) is 16.9. The smallest absolute Gasteiger partial charge is 0.303 e. The van der Waals surface area contributed by atoms with Crippen molar-refractivity contribution in [3.05, 3.63) is 60.7 Å². The largest absolute Gasteiger partial charge is 0.469 e. The topological polar surface area (TPSA) is 66.8 Å². The van der Waals surface area contributed by atoms with Gasteiger partial charge in [-0.1, -0.05) is 60.7 Å². The fourth-order valence-corrected chi connectivity index (χ4v) is 1.93. The van der Waals surface area contributed by atoms with Gasteiger partial charge in [0.05, 0.1) is 6.61 Å². The van der Waals surface area contributed by atoms with E-state index < -0.39 is 7.82 Å². The van der Waals surface area contributed by atoms with Crippen LogP contribution in [0.25, 0.3) is 11.1 Å². The normalized spacial score (nSPS) is 10.6. The van der Waals surface area contributed by atoms with E-state index >= 15 is 0 Å². The molecule has 4 nitrogen and oxygen atoms in total. The molecule has 0 bridgehead atoms. The summed E-state index contributed by atoms with van der Waals surface area (Å²) in [6.45, 7) is -0.119. The second-order valence-electron chi connectivity index (χ2n) is 3.74. The lowest BCUT2D eigenvalue weighted by molar-refractivity contribution is 0.207. The molecule has 0 aromatic heterocycles. The zero-order valence-electron chi connectivity index (χ0n) is 10.7. The number of benzene rings is 2. The Kier molecular flexibility index (Phi) is 7.52. The van der Waals surface area contributed by atoms with Gasteiger partial charge in [0.1, 0.15) is 0 Å². The van der Waals surface area contributed by atoms with Crippen molar-refractivity contribution in [1.29, 1.82) is 0 Å². The van der Waals surface area contributed by atoms with Gasteiger partial charge >= 0.3 is 7.82 Å². The minimum atomic E-state index is -4.27. The molecule has 0 aliphatic rings. The van der Waals surface area contributed by atoms with E-state index in [9.17, 15) is 4.57 Å². The summed E-state index contributed by atoms with van der Waals surface area (Å²) in [6.07, 6.45) is 0. The van der Waals surface area contributed by atoms with Crippen LogP contribution in [0.2, 0.25) is 0 Å². The van der Waals surface area contributed by atoms with Gasteiger partial charge in [-0.2, -0.15) is 0 Å². The van der Waals surface area contributed by atoms with E-state index in [0.717, 1.165) is 0 Å². The van der Waals surface area contributed by atoms with Crippen LogP contribution in [0.5, 0.6) is 0 Å². The standard InChI is InChI=1S/C12H10.C2H6ClO4P/c1-3-7-11(8-4-1)12-9-5-2-6-10-12;3-1-2-7-8(4,5)6/h1-10H;1-2H2,(H2,4,5,6). The third-order valence-electron chi connectivity index (χ3n) is 2.22. The van der Waals surface area contributed by atoms with Crippen molar-refractivity contribution in [2.24, 2.45) is 0 Å². The van der Waals surface area contributed by atoms with Crippen LogP contribution in [0.1, 0.15) is 0 Å². The molecule has 108 valence electrons. The molecule has 0 amide bonds. The Bertz CT molecular complexity index is 490. The maximum atomic E-state index is 9.80. The summed E-state index contributed by atoms with van der Waals surface area (Å²) >= 11 is 5.04. The summed E-state index contributed by atoms with van der Waals surface area (Å²) in [5.41, 5.74) is 2.55. The second kappa shape index (κ2) is 8.90. The van der Waals surface area contributed by atoms with E-state index in [-0.39, 0.29) is 12.5 Å². The van der Waals surface area contributed by atoms with Crippen LogP contribution in [0.15, 0.2) is 60.7 Å². The summed E-state index contributed by atoms with van der Waals surface area (Å²) in [5, 5.41) is 0. The van der Waals surface area contributed by atoms with Gasteiger partial charge in [-0.25, -0.2) is 4.57 Å². The number of alkyl halides is 1. The van der Waals surface area contributed by atoms with Crippen LogP contribution >= 0.6 is 19.4 Å². The van der Waals surface area contributed by atoms with Gasteiger partial charge in [0.25, 0.3) is 0 Å². The molecular formula is C14H16ClO4P. The molecule has 0 unspecified atom stereocenters. The maximum Gasteiger partial charge on any atom is 0.469 e.